The van der Waals surface area contributed by atoms with Gasteiger partial charge < -0.3 is 14.4 Å². The number of carbonyl (C=O) groups excluding carboxylic acids is 1. The highest BCUT2D eigenvalue weighted by molar-refractivity contribution is 5.78. The molecule has 0 bridgehead atoms. The molecule has 7 heteroatoms. The van der Waals surface area contributed by atoms with Crippen molar-refractivity contribution in [1.82, 2.24) is 20.1 Å². The molecule has 30 heavy (non-hydrogen) atoms. The number of rotatable bonds is 7. The molecule has 1 saturated heterocycles. The number of nitrogens with zero attached hydrogens (tertiary/aromatic N) is 3. The van der Waals surface area contributed by atoms with Gasteiger partial charge in [0.25, 0.3) is 5.91 Å². The molecule has 0 radical (unpaired) electrons. The molecule has 0 aliphatic carbocycles. The van der Waals surface area contributed by atoms with Crippen LogP contribution in [-0.4, -0.2) is 45.2 Å². The van der Waals surface area contributed by atoms with Crippen LogP contribution in [-0.2, 0) is 16.1 Å². The molecule has 1 N–H and O–H groups in total. The number of likely N-dealkylation sites (tertiary alicyclic amines) is 1. The Hall–Kier alpha value is -3.19. The average Bonchev–Trinajstić information content (AvgIpc) is 3.37. The standard InChI is InChI=1S/C23H26N4O3/c1-16-7-6-10-19(11-16)30-15-22(28)27-13-20(29-14-18-8-4-3-5-9-18)12-21(27)23-24-17(2)25-26-23/h3-11,20-21H,12-15H2,1-2H3,(H,24,25,26)/t20-,21-/m0/s1. The quantitative estimate of drug-likeness (QED) is 0.651. The van der Waals surface area contributed by atoms with Crippen LogP contribution >= 0.6 is 0 Å². The third kappa shape index (κ3) is 4.86. The van der Waals surface area contributed by atoms with Gasteiger partial charge in [0.05, 0.1) is 18.8 Å². The van der Waals surface area contributed by atoms with Crippen molar-refractivity contribution in [3.05, 3.63) is 77.4 Å². The number of aromatic nitrogens is 3. The molecule has 0 saturated carbocycles. The molecule has 156 valence electrons. The zero-order chi connectivity index (χ0) is 20.9. The van der Waals surface area contributed by atoms with Crippen molar-refractivity contribution in [3.8, 4) is 5.75 Å². The van der Waals surface area contributed by atoms with E-state index < -0.39 is 0 Å². The summed E-state index contributed by atoms with van der Waals surface area (Å²) in [5.41, 5.74) is 2.19. The number of hydrogen-bond acceptors (Lipinski definition) is 5. The van der Waals surface area contributed by atoms with Crippen molar-refractivity contribution in [2.45, 2.75) is 39.0 Å². The monoisotopic (exact) mass is 406 g/mol. The van der Waals surface area contributed by atoms with E-state index >= 15 is 0 Å². The number of nitrogens with one attached hydrogen (secondary N) is 1. The van der Waals surface area contributed by atoms with Gasteiger partial charge in [0.2, 0.25) is 0 Å². The Balaban J connectivity index is 1.43. The first kappa shape index (κ1) is 20.1. The average molecular weight is 406 g/mol. The number of H-pyrrole nitrogens is 1. The molecule has 1 aliphatic rings. The van der Waals surface area contributed by atoms with Gasteiger partial charge in [-0.15, -0.1) is 0 Å². The van der Waals surface area contributed by atoms with Crippen molar-refractivity contribution in [2.75, 3.05) is 13.2 Å². The maximum atomic E-state index is 13.0. The zero-order valence-electron chi connectivity index (χ0n) is 17.2. The fraction of sp³-hybridized carbons (Fsp3) is 0.348. The van der Waals surface area contributed by atoms with Crippen molar-refractivity contribution >= 4 is 5.91 Å². The van der Waals surface area contributed by atoms with E-state index in [-0.39, 0.29) is 24.7 Å². The zero-order valence-corrected chi connectivity index (χ0v) is 17.2. The maximum absolute atomic E-state index is 13.0. The molecule has 2 aromatic carbocycles. The van der Waals surface area contributed by atoms with Crippen LogP contribution in [0.5, 0.6) is 5.75 Å². The Morgan fingerprint density at radius 1 is 1.17 bits per heavy atom. The molecule has 1 aliphatic heterocycles. The molecule has 7 nitrogen and oxygen atoms in total. The highest BCUT2D eigenvalue weighted by Gasteiger charge is 2.39. The first-order valence-electron chi connectivity index (χ1n) is 10.1. The summed E-state index contributed by atoms with van der Waals surface area (Å²) in [6, 6.07) is 17.5. The Kier molecular flexibility index (Phi) is 6.09. The van der Waals surface area contributed by atoms with Gasteiger partial charge in [0.1, 0.15) is 11.6 Å². The molecule has 1 fully saturated rings. The first-order chi connectivity index (χ1) is 14.6. The number of ether oxygens (including phenoxy) is 2. The second-order valence-electron chi connectivity index (χ2n) is 7.60. The van der Waals surface area contributed by atoms with E-state index in [0.29, 0.717) is 31.1 Å². The first-order valence-corrected chi connectivity index (χ1v) is 10.1. The number of benzene rings is 2. The number of aromatic amines is 1. The summed E-state index contributed by atoms with van der Waals surface area (Å²) < 4.78 is 11.8. The third-order valence-electron chi connectivity index (χ3n) is 5.18. The summed E-state index contributed by atoms with van der Waals surface area (Å²) in [5, 5.41) is 7.16. The Labute approximate surface area is 176 Å². The second kappa shape index (κ2) is 9.09. The molecule has 1 amide bonds. The minimum absolute atomic E-state index is 0.0330. The van der Waals surface area contributed by atoms with Crippen LogP contribution in [0.4, 0.5) is 0 Å². The third-order valence-corrected chi connectivity index (χ3v) is 5.18. The predicted octanol–water partition coefficient (Wildman–Crippen LogP) is 3.36. The number of hydrogen-bond donors (Lipinski definition) is 1. The van der Waals surface area contributed by atoms with E-state index in [1.165, 1.54) is 0 Å². The van der Waals surface area contributed by atoms with Crippen LogP contribution in [0.25, 0.3) is 0 Å². The van der Waals surface area contributed by atoms with Gasteiger partial charge in [0.15, 0.2) is 12.4 Å². The van der Waals surface area contributed by atoms with Crippen LogP contribution in [0, 0.1) is 13.8 Å². The minimum atomic E-state index is -0.232. The maximum Gasteiger partial charge on any atom is 0.261 e. The Morgan fingerprint density at radius 3 is 2.73 bits per heavy atom. The number of aryl methyl sites for hydroxylation is 2. The number of carbonyl (C=O) groups is 1. The van der Waals surface area contributed by atoms with Gasteiger partial charge in [-0.25, -0.2) is 4.98 Å². The number of amides is 1. The van der Waals surface area contributed by atoms with Gasteiger partial charge >= 0.3 is 0 Å². The van der Waals surface area contributed by atoms with Crippen LogP contribution in [0.2, 0.25) is 0 Å². The van der Waals surface area contributed by atoms with Crippen molar-refractivity contribution in [1.29, 1.82) is 0 Å². The summed E-state index contributed by atoms with van der Waals surface area (Å²) >= 11 is 0. The molecule has 0 unspecified atom stereocenters. The summed E-state index contributed by atoms with van der Waals surface area (Å²) in [7, 11) is 0. The lowest BCUT2D eigenvalue weighted by Crippen LogP contribution is -2.36. The molecule has 1 aromatic heterocycles. The second-order valence-corrected chi connectivity index (χ2v) is 7.60. The molecule has 2 heterocycles. The smallest absolute Gasteiger partial charge is 0.261 e. The molecule has 0 spiro atoms. The van der Waals surface area contributed by atoms with E-state index in [1.54, 1.807) is 4.90 Å². The lowest BCUT2D eigenvalue weighted by molar-refractivity contribution is -0.134. The topological polar surface area (TPSA) is 80.3 Å². The van der Waals surface area contributed by atoms with E-state index in [2.05, 4.69) is 15.2 Å². The summed E-state index contributed by atoms with van der Waals surface area (Å²) in [5.74, 6) is 1.92. The highest BCUT2D eigenvalue weighted by Crippen LogP contribution is 2.32. The lowest BCUT2D eigenvalue weighted by Gasteiger charge is -2.22. The van der Waals surface area contributed by atoms with Gasteiger partial charge in [-0.1, -0.05) is 42.5 Å². The van der Waals surface area contributed by atoms with Crippen LogP contribution in [0.1, 0.15) is 35.2 Å². The molecular weight excluding hydrogens is 380 g/mol. The van der Waals surface area contributed by atoms with Crippen molar-refractivity contribution in [3.63, 3.8) is 0 Å². The lowest BCUT2D eigenvalue weighted by atomic mass is 10.2. The normalized spacial score (nSPS) is 18.5. The van der Waals surface area contributed by atoms with Crippen molar-refractivity contribution in [2.24, 2.45) is 0 Å². The summed E-state index contributed by atoms with van der Waals surface area (Å²) in [6.07, 6.45) is 0.567. The molecule has 3 aromatic rings. The van der Waals surface area contributed by atoms with Crippen LogP contribution < -0.4 is 4.74 Å². The molecular formula is C23H26N4O3. The van der Waals surface area contributed by atoms with E-state index in [0.717, 1.165) is 17.0 Å². The van der Waals surface area contributed by atoms with Gasteiger partial charge in [0, 0.05) is 13.0 Å². The SMILES string of the molecule is Cc1cccc(OCC(=O)N2C[C@@H](OCc3ccccc3)C[C@H]2c2n[nH]c(C)n2)c1. The Morgan fingerprint density at radius 2 is 2.00 bits per heavy atom. The van der Waals surface area contributed by atoms with E-state index in [9.17, 15) is 4.79 Å². The molecule has 4 rings (SSSR count). The summed E-state index contributed by atoms with van der Waals surface area (Å²) in [6.45, 7) is 4.80. The van der Waals surface area contributed by atoms with E-state index in [4.69, 9.17) is 9.47 Å². The fourth-order valence-electron chi connectivity index (χ4n) is 3.67. The fourth-order valence-corrected chi connectivity index (χ4v) is 3.67. The van der Waals surface area contributed by atoms with E-state index in [1.807, 2.05) is 68.4 Å². The predicted molar refractivity (Wildman–Crippen MR) is 112 cm³/mol. The molecule has 2 atom stereocenters. The van der Waals surface area contributed by atoms with Crippen molar-refractivity contribution < 1.29 is 14.3 Å². The minimum Gasteiger partial charge on any atom is -0.484 e. The van der Waals surface area contributed by atoms with Gasteiger partial charge in [-0.2, -0.15) is 5.10 Å². The Bertz CT molecular complexity index is 989. The largest absolute Gasteiger partial charge is 0.484 e. The van der Waals surface area contributed by atoms with Gasteiger partial charge in [-0.05, 0) is 37.1 Å². The highest BCUT2D eigenvalue weighted by atomic mass is 16.5. The van der Waals surface area contributed by atoms with Gasteiger partial charge in [-0.3, -0.25) is 9.89 Å². The van der Waals surface area contributed by atoms with Crippen LogP contribution in [0.3, 0.4) is 0 Å². The van der Waals surface area contributed by atoms with Crippen LogP contribution in [0.15, 0.2) is 54.6 Å². The summed E-state index contributed by atoms with van der Waals surface area (Å²) in [4.78, 5) is 19.2.